The van der Waals surface area contributed by atoms with Gasteiger partial charge in [-0.25, -0.2) is 4.79 Å². The summed E-state index contributed by atoms with van der Waals surface area (Å²) in [6, 6.07) is 5.49. The lowest BCUT2D eigenvalue weighted by atomic mass is 9.98. The maximum Gasteiger partial charge on any atom is 0.335 e. The number of benzene rings is 1. The van der Waals surface area contributed by atoms with Crippen LogP contribution in [0, 0.1) is 6.92 Å². The van der Waals surface area contributed by atoms with Crippen LogP contribution in [0.1, 0.15) is 30.9 Å². The van der Waals surface area contributed by atoms with Crippen molar-refractivity contribution >= 4 is 5.97 Å². The van der Waals surface area contributed by atoms with Crippen molar-refractivity contribution in [2.45, 2.75) is 57.4 Å². The highest BCUT2D eigenvalue weighted by Crippen LogP contribution is 2.28. The number of aryl methyl sites for hydroxylation is 1. The topological polar surface area (TPSA) is 116 Å². The van der Waals surface area contributed by atoms with Gasteiger partial charge in [0, 0.05) is 0 Å². The van der Waals surface area contributed by atoms with Gasteiger partial charge in [0.05, 0.1) is 0 Å². The molecule has 0 saturated carbocycles. The van der Waals surface area contributed by atoms with E-state index in [1.54, 1.807) is 6.07 Å². The van der Waals surface area contributed by atoms with Crippen molar-refractivity contribution in [2.75, 3.05) is 0 Å². The molecule has 23 heavy (non-hydrogen) atoms. The molecule has 1 aliphatic rings. The van der Waals surface area contributed by atoms with Crippen molar-refractivity contribution in [1.82, 2.24) is 0 Å². The molecule has 4 N–H and O–H groups in total. The Bertz CT molecular complexity index is 572. The van der Waals surface area contributed by atoms with E-state index >= 15 is 0 Å². The number of carbonyl (C=O) groups is 1. The average molecular weight is 326 g/mol. The number of rotatable bonds is 4. The molecule has 7 nitrogen and oxygen atoms in total. The molecule has 0 aromatic heterocycles. The van der Waals surface area contributed by atoms with E-state index in [-0.39, 0.29) is 0 Å². The largest absolute Gasteiger partial charge is 0.479 e. The van der Waals surface area contributed by atoms with Gasteiger partial charge in [0.15, 0.2) is 6.10 Å². The van der Waals surface area contributed by atoms with Crippen LogP contribution in [0.4, 0.5) is 0 Å². The summed E-state index contributed by atoms with van der Waals surface area (Å²) in [5, 5.41) is 38.4. The average Bonchev–Trinajstić information content (AvgIpc) is 2.48. The van der Waals surface area contributed by atoms with E-state index in [1.807, 2.05) is 19.1 Å². The van der Waals surface area contributed by atoms with E-state index in [0.717, 1.165) is 11.1 Å². The summed E-state index contributed by atoms with van der Waals surface area (Å²) < 4.78 is 10.6. The van der Waals surface area contributed by atoms with Gasteiger partial charge in [-0.1, -0.05) is 26.0 Å². The van der Waals surface area contributed by atoms with Crippen molar-refractivity contribution in [2.24, 2.45) is 0 Å². The maximum atomic E-state index is 11.1. The smallest absolute Gasteiger partial charge is 0.335 e. The first-order chi connectivity index (χ1) is 10.7. The third-order valence-electron chi connectivity index (χ3n) is 3.92. The summed E-state index contributed by atoms with van der Waals surface area (Å²) in [6.45, 7) is 5.92. The summed E-state index contributed by atoms with van der Waals surface area (Å²) in [7, 11) is 0. The maximum absolute atomic E-state index is 11.1. The first kappa shape index (κ1) is 17.7. The van der Waals surface area contributed by atoms with Crippen LogP contribution >= 0.6 is 0 Å². The Hall–Kier alpha value is -1.67. The molecule has 0 aliphatic carbocycles. The lowest BCUT2D eigenvalue weighted by molar-refractivity contribution is -0.271. The normalized spacial score (nSPS) is 31.2. The molecule has 1 aliphatic heterocycles. The summed E-state index contributed by atoms with van der Waals surface area (Å²) in [6.07, 6.45) is -8.03. The molecule has 0 bridgehead atoms. The van der Waals surface area contributed by atoms with Gasteiger partial charge >= 0.3 is 5.97 Å². The summed E-state index contributed by atoms with van der Waals surface area (Å²) in [5.41, 5.74) is 1.90. The third kappa shape index (κ3) is 3.64. The fourth-order valence-electron chi connectivity index (χ4n) is 2.44. The highest BCUT2D eigenvalue weighted by atomic mass is 16.7. The summed E-state index contributed by atoms with van der Waals surface area (Å²) in [4.78, 5) is 11.1. The predicted molar refractivity (Wildman–Crippen MR) is 80.2 cm³/mol. The second kappa shape index (κ2) is 6.84. The van der Waals surface area contributed by atoms with E-state index in [1.165, 1.54) is 0 Å². The number of aliphatic hydroxyl groups excluding tert-OH is 3. The minimum absolute atomic E-state index is 0.340. The van der Waals surface area contributed by atoms with Gasteiger partial charge in [-0.05, 0) is 30.0 Å². The SMILES string of the molecule is Cc1cc(C(C)C)ccc1O[C@@H]1O[C@H](C(=O)O)[C@@H](O)[C@H](O)[C@H]1O. The first-order valence-electron chi connectivity index (χ1n) is 7.42. The molecule has 1 aromatic carbocycles. The lowest BCUT2D eigenvalue weighted by Gasteiger charge is -2.38. The molecule has 1 aromatic rings. The molecule has 0 radical (unpaired) electrons. The van der Waals surface area contributed by atoms with Crippen LogP contribution in [0.3, 0.4) is 0 Å². The standard InChI is InChI=1S/C16H22O7/c1-7(2)9-4-5-10(8(3)6-9)22-16-13(19)11(17)12(18)14(23-16)15(20)21/h4-7,11-14,16-19H,1-3H3,(H,20,21)/t11-,12-,13+,14-,16+/m0/s1. The van der Waals surface area contributed by atoms with E-state index in [2.05, 4.69) is 13.8 Å². The van der Waals surface area contributed by atoms with Crippen molar-refractivity contribution in [3.05, 3.63) is 29.3 Å². The number of aliphatic carboxylic acids is 1. The Balaban J connectivity index is 2.19. The van der Waals surface area contributed by atoms with Gasteiger partial charge in [-0.3, -0.25) is 0 Å². The Morgan fingerprint density at radius 3 is 2.35 bits per heavy atom. The minimum Gasteiger partial charge on any atom is -0.479 e. The molecule has 5 atom stereocenters. The molecule has 2 rings (SSSR count). The third-order valence-corrected chi connectivity index (χ3v) is 3.92. The van der Waals surface area contributed by atoms with Gasteiger partial charge in [-0.15, -0.1) is 0 Å². The molecular formula is C16H22O7. The summed E-state index contributed by atoms with van der Waals surface area (Å²) >= 11 is 0. The van der Waals surface area contributed by atoms with Crippen LogP contribution in [0.25, 0.3) is 0 Å². The molecule has 0 unspecified atom stereocenters. The number of hydrogen-bond donors (Lipinski definition) is 4. The van der Waals surface area contributed by atoms with Crippen LogP contribution in [0.5, 0.6) is 5.75 Å². The van der Waals surface area contributed by atoms with E-state index in [4.69, 9.17) is 14.6 Å². The van der Waals surface area contributed by atoms with E-state index in [9.17, 15) is 20.1 Å². The van der Waals surface area contributed by atoms with Gasteiger partial charge in [-0.2, -0.15) is 0 Å². The predicted octanol–water partition coefficient (Wildman–Crippen LogP) is 0.389. The van der Waals surface area contributed by atoms with Crippen molar-refractivity contribution in [1.29, 1.82) is 0 Å². The van der Waals surface area contributed by atoms with Crippen LogP contribution < -0.4 is 4.74 Å². The number of hydrogen-bond acceptors (Lipinski definition) is 6. The minimum atomic E-state index is -1.73. The Morgan fingerprint density at radius 2 is 1.83 bits per heavy atom. The zero-order valence-corrected chi connectivity index (χ0v) is 13.2. The summed E-state index contributed by atoms with van der Waals surface area (Å²) in [5.74, 6) is -0.692. The van der Waals surface area contributed by atoms with Crippen LogP contribution in [0.2, 0.25) is 0 Å². The highest BCUT2D eigenvalue weighted by molar-refractivity contribution is 5.73. The Kier molecular flexibility index (Phi) is 5.26. The second-order valence-corrected chi connectivity index (χ2v) is 6.03. The quantitative estimate of drug-likeness (QED) is 0.632. The molecule has 0 spiro atoms. The van der Waals surface area contributed by atoms with E-state index < -0.39 is 36.7 Å². The monoisotopic (exact) mass is 326 g/mol. The molecule has 128 valence electrons. The van der Waals surface area contributed by atoms with Crippen molar-refractivity contribution in [3.63, 3.8) is 0 Å². The molecule has 7 heteroatoms. The fourth-order valence-corrected chi connectivity index (χ4v) is 2.44. The van der Waals surface area contributed by atoms with Crippen LogP contribution in [-0.4, -0.2) is 57.1 Å². The molecule has 0 amide bonds. The van der Waals surface area contributed by atoms with E-state index in [0.29, 0.717) is 11.7 Å². The van der Waals surface area contributed by atoms with Crippen molar-refractivity contribution in [3.8, 4) is 5.75 Å². The second-order valence-electron chi connectivity index (χ2n) is 6.03. The number of carboxylic acid groups (broad SMARTS) is 1. The molecular weight excluding hydrogens is 304 g/mol. The zero-order chi connectivity index (χ0) is 17.3. The number of carboxylic acids is 1. The Morgan fingerprint density at radius 1 is 1.17 bits per heavy atom. The van der Waals surface area contributed by atoms with Gasteiger partial charge in [0.25, 0.3) is 0 Å². The number of aliphatic hydroxyl groups is 3. The fraction of sp³-hybridized carbons (Fsp3) is 0.562. The van der Waals surface area contributed by atoms with Crippen molar-refractivity contribution < 1.29 is 34.7 Å². The zero-order valence-electron chi connectivity index (χ0n) is 13.2. The number of ether oxygens (including phenoxy) is 2. The first-order valence-corrected chi connectivity index (χ1v) is 7.42. The molecule has 1 heterocycles. The van der Waals surface area contributed by atoms with Gasteiger partial charge < -0.3 is 29.9 Å². The molecule has 1 fully saturated rings. The molecule has 1 saturated heterocycles. The van der Waals surface area contributed by atoms with Gasteiger partial charge in [0.1, 0.15) is 24.1 Å². The highest BCUT2D eigenvalue weighted by Gasteiger charge is 2.48. The Labute approximate surface area is 134 Å². The lowest BCUT2D eigenvalue weighted by Crippen LogP contribution is -2.61. The van der Waals surface area contributed by atoms with Crippen LogP contribution in [-0.2, 0) is 9.53 Å². The van der Waals surface area contributed by atoms with Crippen LogP contribution in [0.15, 0.2) is 18.2 Å². The van der Waals surface area contributed by atoms with Gasteiger partial charge in [0.2, 0.25) is 6.29 Å².